The maximum Gasteiger partial charge on any atom is 0.310 e. The quantitative estimate of drug-likeness (QED) is 0.575. The van der Waals surface area contributed by atoms with Gasteiger partial charge in [0.1, 0.15) is 0 Å². The summed E-state index contributed by atoms with van der Waals surface area (Å²) in [6, 6.07) is 0. The second-order valence-electron chi connectivity index (χ2n) is 4.04. The molecule has 0 aliphatic carbocycles. The summed E-state index contributed by atoms with van der Waals surface area (Å²) in [5.41, 5.74) is 0. The van der Waals surface area contributed by atoms with Crippen LogP contribution in [0.2, 0.25) is 0 Å². The van der Waals surface area contributed by atoms with Crippen LogP contribution in [0.5, 0.6) is 0 Å². The van der Waals surface area contributed by atoms with Crippen molar-refractivity contribution in [3.05, 3.63) is 0 Å². The van der Waals surface area contributed by atoms with Crippen molar-refractivity contribution < 1.29 is 14.3 Å². The van der Waals surface area contributed by atoms with Crippen LogP contribution in [0, 0.1) is 5.92 Å². The number of methoxy groups -OCH3 is 1. The summed E-state index contributed by atoms with van der Waals surface area (Å²) in [5.74, 6) is -0.0531. The predicted molar refractivity (Wildman–Crippen MR) is 52.6 cm³/mol. The highest BCUT2D eigenvalue weighted by Crippen LogP contribution is 2.22. The van der Waals surface area contributed by atoms with Gasteiger partial charge in [-0.1, -0.05) is 0 Å². The highest BCUT2D eigenvalue weighted by Gasteiger charge is 2.35. The molecule has 2 heterocycles. The average molecular weight is 212 g/mol. The van der Waals surface area contributed by atoms with Gasteiger partial charge in [-0.05, 0) is 12.8 Å². The topological polar surface area (TPSA) is 49.9 Å². The zero-order chi connectivity index (χ0) is 10.8. The molecule has 0 bridgehead atoms. The zero-order valence-electron chi connectivity index (χ0n) is 8.94. The molecule has 2 fully saturated rings. The summed E-state index contributed by atoms with van der Waals surface area (Å²) in [6.45, 7) is 2.11. The van der Waals surface area contributed by atoms with Crippen LogP contribution in [0.1, 0.15) is 19.3 Å². The Bertz CT molecular complexity index is 280. The summed E-state index contributed by atoms with van der Waals surface area (Å²) < 4.78 is 4.75. The second kappa shape index (κ2) is 4.18. The van der Waals surface area contributed by atoms with E-state index < -0.39 is 0 Å². The van der Waals surface area contributed by atoms with Gasteiger partial charge in [0.2, 0.25) is 5.91 Å². The zero-order valence-corrected chi connectivity index (χ0v) is 8.94. The van der Waals surface area contributed by atoms with Crippen LogP contribution >= 0.6 is 0 Å². The summed E-state index contributed by atoms with van der Waals surface area (Å²) in [4.78, 5) is 22.9. The van der Waals surface area contributed by atoms with Crippen molar-refractivity contribution in [2.24, 2.45) is 5.92 Å². The molecule has 5 heteroatoms. The van der Waals surface area contributed by atoms with Crippen molar-refractivity contribution in [2.45, 2.75) is 19.3 Å². The molecule has 0 aromatic heterocycles. The number of carbonyl (C=O) groups is 2. The van der Waals surface area contributed by atoms with Gasteiger partial charge in [-0.3, -0.25) is 14.6 Å². The second-order valence-corrected chi connectivity index (χ2v) is 4.04. The summed E-state index contributed by atoms with van der Waals surface area (Å²) in [6.07, 6.45) is 2.27. The number of rotatable bonds is 1. The standard InChI is InChI=1S/C10H16N2O3/c1-15-10(14)8-3-2-5-12-9(13)4-6-11(12)7-8/h8H,2-7H2,1H3. The van der Waals surface area contributed by atoms with E-state index in [4.69, 9.17) is 4.74 Å². The van der Waals surface area contributed by atoms with E-state index in [0.29, 0.717) is 13.0 Å². The van der Waals surface area contributed by atoms with Gasteiger partial charge in [-0.25, -0.2) is 5.01 Å². The maximum absolute atomic E-state index is 11.5. The Morgan fingerprint density at radius 3 is 3.00 bits per heavy atom. The van der Waals surface area contributed by atoms with Crippen molar-refractivity contribution in [2.75, 3.05) is 26.7 Å². The molecule has 84 valence electrons. The lowest BCUT2D eigenvalue weighted by molar-refractivity contribution is -0.148. The Hall–Kier alpha value is -1.10. The minimum absolute atomic E-state index is 0.0779. The molecule has 0 saturated carbocycles. The SMILES string of the molecule is COC(=O)C1CCCN2C(=O)CCN2C1. The normalized spacial score (nSPS) is 27.4. The van der Waals surface area contributed by atoms with Crippen molar-refractivity contribution in [3.63, 3.8) is 0 Å². The Labute approximate surface area is 88.9 Å². The molecule has 2 saturated heterocycles. The van der Waals surface area contributed by atoms with Crippen LogP contribution in [0.25, 0.3) is 0 Å². The lowest BCUT2D eigenvalue weighted by atomic mass is 10.0. The molecule has 1 atom stereocenters. The number of hydrazine groups is 1. The largest absolute Gasteiger partial charge is 0.469 e. The molecule has 0 aromatic carbocycles. The minimum atomic E-state index is -0.156. The van der Waals surface area contributed by atoms with Crippen LogP contribution in [0.4, 0.5) is 0 Å². The highest BCUT2D eigenvalue weighted by atomic mass is 16.5. The molecule has 0 N–H and O–H groups in total. The average Bonchev–Trinajstić information content (AvgIpc) is 2.50. The van der Waals surface area contributed by atoms with Crippen LogP contribution < -0.4 is 0 Å². The number of hydrogen-bond donors (Lipinski definition) is 0. The number of ether oxygens (including phenoxy) is 1. The fourth-order valence-electron chi connectivity index (χ4n) is 2.28. The van der Waals surface area contributed by atoms with Gasteiger partial charge in [0.25, 0.3) is 0 Å². The molecule has 5 nitrogen and oxygen atoms in total. The van der Waals surface area contributed by atoms with E-state index in [1.807, 2.05) is 5.01 Å². The maximum atomic E-state index is 11.5. The Morgan fingerprint density at radius 2 is 2.27 bits per heavy atom. The number of fused-ring (bicyclic) bond motifs is 1. The van der Waals surface area contributed by atoms with Crippen molar-refractivity contribution in [1.29, 1.82) is 0 Å². The number of hydrogen-bond acceptors (Lipinski definition) is 4. The van der Waals surface area contributed by atoms with Gasteiger partial charge < -0.3 is 4.74 Å². The number of esters is 1. The Kier molecular flexibility index (Phi) is 2.90. The molecule has 15 heavy (non-hydrogen) atoms. The third-order valence-electron chi connectivity index (χ3n) is 3.10. The van der Waals surface area contributed by atoms with E-state index in [2.05, 4.69) is 0 Å². The summed E-state index contributed by atoms with van der Waals surface area (Å²) in [7, 11) is 1.42. The van der Waals surface area contributed by atoms with E-state index in [1.165, 1.54) is 7.11 Å². The first-order valence-electron chi connectivity index (χ1n) is 5.35. The van der Waals surface area contributed by atoms with Gasteiger partial charge in [0, 0.05) is 26.1 Å². The van der Waals surface area contributed by atoms with Gasteiger partial charge in [-0.15, -0.1) is 0 Å². The number of carbonyl (C=O) groups excluding carboxylic acids is 2. The Morgan fingerprint density at radius 1 is 1.47 bits per heavy atom. The first kappa shape index (κ1) is 10.4. The van der Waals surface area contributed by atoms with Crippen LogP contribution in [-0.2, 0) is 14.3 Å². The monoisotopic (exact) mass is 212 g/mol. The van der Waals surface area contributed by atoms with Crippen molar-refractivity contribution >= 4 is 11.9 Å². The molecular weight excluding hydrogens is 196 g/mol. The van der Waals surface area contributed by atoms with Crippen LogP contribution in [0.15, 0.2) is 0 Å². The fourth-order valence-corrected chi connectivity index (χ4v) is 2.28. The van der Waals surface area contributed by atoms with Gasteiger partial charge in [-0.2, -0.15) is 0 Å². The highest BCUT2D eigenvalue weighted by molar-refractivity contribution is 5.78. The van der Waals surface area contributed by atoms with Gasteiger partial charge in [0.15, 0.2) is 0 Å². The summed E-state index contributed by atoms with van der Waals surface area (Å²) >= 11 is 0. The first-order chi connectivity index (χ1) is 7.22. The Balaban J connectivity index is 2.04. The molecule has 2 rings (SSSR count). The van der Waals surface area contributed by atoms with E-state index in [9.17, 15) is 9.59 Å². The molecular formula is C10H16N2O3. The van der Waals surface area contributed by atoms with E-state index >= 15 is 0 Å². The smallest absolute Gasteiger partial charge is 0.310 e. The van der Waals surface area contributed by atoms with Gasteiger partial charge >= 0.3 is 5.97 Å². The van der Waals surface area contributed by atoms with E-state index in [0.717, 1.165) is 25.9 Å². The lowest BCUT2D eigenvalue weighted by Crippen LogP contribution is -2.41. The van der Waals surface area contributed by atoms with Crippen molar-refractivity contribution in [1.82, 2.24) is 10.0 Å². The number of amides is 1. The first-order valence-corrected chi connectivity index (χ1v) is 5.35. The molecule has 0 radical (unpaired) electrons. The molecule has 2 aliphatic heterocycles. The third-order valence-corrected chi connectivity index (χ3v) is 3.10. The fraction of sp³-hybridized carbons (Fsp3) is 0.800. The van der Waals surface area contributed by atoms with E-state index in [-0.39, 0.29) is 17.8 Å². The third kappa shape index (κ3) is 1.97. The molecule has 2 aliphatic rings. The molecule has 0 spiro atoms. The van der Waals surface area contributed by atoms with Crippen LogP contribution in [0.3, 0.4) is 0 Å². The number of nitrogens with zero attached hydrogens (tertiary/aromatic N) is 2. The van der Waals surface area contributed by atoms with E-state index in [1.54, 1.807) is 5.01 Å². The van der Waals surface area contributed by atoms with Gasteiger partial charge in [0.05, 0.1) is 13.0 Å². The molecule has 0 aromatic rings. The molecule has 1 amide bonds. The summed E-state index contributed by atoms with van der Waals surface area (Å²) in [5, 5.41) is 3.76. The lowest BCUT2D eigenvalue weighted by Gasteiger charge is -2.26. The predicted octanol–water partition coefficient (Wildman–Crippen LogP) is 0.0187. The van der Waals surface area contributed by atoms with Crippen LogP contribution in [-0.4, -0.2) is 48.6 Å². The van der Waals surface area contributed by atoms with Crippen molar-refractivity contribution in [3.8, 4) is 0 Å². The molecule has 1 unspecified atom stereocenters. The minimum Gasteiger partial charge on any atom is -0.469 e.